The third-order valence-corrected chi connectivity index (χ3v) is 3.08. The molecule has 1 amide bonds. The number of carbonyl (C=O) groups is 1. The highest BCUT2D eigenvalue weighted by Crippen LogP contribution is 2.17. The van der Waals surface area contributed by atoms with Gasteiger partial charge < -0.3 is 10.6 Å². The third-order valence-electron chi connectivity index (χ3n) is 2.02. The van der Waals surface area contributed by atoms with Gasteiger partial charge in [0.1, 0.15) is 6.54 Å². The zero-order chi connectivity index (χ0) is 12.9. The molecular formula is C10H13F3N2OS. The first-order valence-electron chi connectivity index (χ1n) is 4.99. The van der Waals surface area contributed by atoms with Crippen LogP contribution in [0.15, 0.2) is 17.5 Å². The molecule has 1 heterocycles. The second kappa shape index (κ2) is 6.02. The number of rotatable bonds is 5. The van der Waals surface area contributed by atoms with Gasteiger partial charge in [0.2, 0.25) is 5.91 Å². The summed E-state index contributed by atoms with van der Waals surface area (Å²) >= 11 is 1.53. The summed E-state index contributed by atoms with van der Waals surface area (Å²) < 4.78 is 35.4. The fourth-order valence-electron chi connectivity index (χ4n) is 1.15. The Morgan fingerprint density at radius 2 is 2.24 bits per heavy atom. The van der Waals surface area contributed by atoms with E-state index in [1.165, 1.54) is 11.3 Å². The predicted octanol–water partition coefficient (Wildman–Crippen LogP) is 2.08. The van der Waals surface area contributed by atoms with Crippen LogP contribution in [0.25, 0.3) is 0 Å². The molecule has 1 aromatic rings. The Hall–Kier alpha value is -1.08. The third kappa shape index (κ3) is 5.69. The molecule has 0 saturated carbocycles. The van der Waals surface area contributed by atoms with Gasteiger partial charge in [-0.15, -0.1) is 11.3 Å². The minimum absolute atomic E-state index is 0.0494. The second-order valence-corrected chi connectivity index (χ2v) is 4.49. The predicted molar refractivity (Wildman–Crippen MR) is 59.8 cm³/mol. The Balaban J connectivity index is 2.24. The first kappa shape index (κ1) is 14.0. The first-order valence-corrected chi connectivity index (χ1v) is 5.86. The monoisotopic (exact) mass is 266 g/mol. The highest BCUT2D eigenvalue weighted by Gasteiger charge is 2.27. The van der Waals surface area contributed by atoms with Crippen molar-refractivity contribution in [3.05, 3.63) is 22.4 Å². The molecule has 1 rings (SSSR count). The summed E-state index contributed by atoms with van der Waals surface area (Å²) in [5.41, 5.74) is 0. The lowest BCUT2D eigenvalue weighted by molar-refractivity contribution is -0.137. The molecule has 0 spiro atoms. The van der Waals surface area contributed by atoms with Crippen LogP contribution in [-0.2, 0) is 4.79 Å². The molecule has 17 heavy (non-hydrogen) atoms. The zero-order valence-electron chi connectivity index (χ0n) is 9.17. The molecule has 0 fully saturated rings. The molecule has 0 aliphatic rings. The van der Waals surface area contributed by atoms with E-state index in [0.29, 0.717) is 0 Å². The molecule has 0 aliphatic carbocycles. The topological polar surface area (TPSA) is 41.1 Å². The maximum Gasteiger partial charge on any atom is 0.405 e. The van der Waals surface area contributed by atoms with Crippen LogP contribution in [0.1, 0.15) is 17.8 Å². The van der Waals surface area contributed by atoms with Gasteiger partial charge >= 0.3 is 6.18 Å². The molecule has 1 aromatic heterocycles. The van der Waals surface area contributed by atoms with Crippen molar-refractivity contribution >= 4 is 17.2 Å². The van der Waals surface area contributed by atoms with Crippen molar-refractivity contribution in [2.45, 2.75) is 19.1 Å². The maximum absolute atomic E-state index is 11.8. The van der Waals surface area contributed by atoms with Crippen LogP contribution < -0.4 is 10.6 Å². The maximum atomic E-state index is 11.8. The SMILES string of the molecule is CC(NCC(=O)NCC(F)(F)F)c1cccs1. The Kier molecular flexibility index (Phi) is 4.95. The van der Waals surface area contributed by atoms with Gasteiger partial charge in [0.25, 0.3) is 0 Å². The summed E-state index contributed by atoms with van der Waals surface area (Å²) in [5.74, 6) is -0.661. The fourth-order valence-corrected chi connectivity index (χ4v) is 1.90. The summed E-state index contributed by atoms with van der Waals surface area (Å²) in [5, 5.41) is 6.55. The lowest BCUT2D eigenvalue weighted by Crippen LogP contribution is -2.39. The number of hydrogen-bond donors (Lipinski definition) is 2. The first-order chi connectivity index (χ1) is 7.88. The number of carbonyl (C=O) groups excluding carboxylic acids is 1. The standard InChI is InChI=1S/C10H13F3N2OS/c1-7(8-3-2-4-17-8)14-5-9(16)15-6-10(11,12)13/h2-4,7,14H,5-6H2,1H3,(H,15,16). The van der Waals surface area contributed by atoms with Crippen LogP contribution in [0.3, 0.4) is 0 Å². The number of nitrogens with one attached hydrogen (secondary N) is 2. The molecule has 0 aromatic carbocycles. The number of amides is 1. The Labute approximate surface area is 101 Å². The summed E-state index contributed by atoms with van der Waals surface area (Å²) in [6, 6.07) is 3.73. The Morgan fingerprint density at radius 1 is 1.53 bits per heavy atom. The number of alkyl halides is 3. The van der Waals surface area contributed by atoms with E-state index < -0.39 is 18.6 Å². The zero-order valence-corrected chi connectivity index (χ0v) is 9.99. The average molecular weight is 266 g/mol. The van der Waals surface area contributed by atoms with Crippen molar-refractivity contribution in [3.8, 4) is 0 Å². The molecule has 1 unspecified atom stereocenters. The number of hydrogen-bond acceptors (Lipinski definition) is 3. The summed E-state index contributed by atoms with van der Waals surface area (Å²) in [6.45, 7) is 0.429. The van der Waals surface area contributed by atoms with E-state index in [0.717, 1.165) is 4.88 Å². The van der Waals surface area contributed by atoms with Gasteiger partial charge in [-0.05, 0) is 18.4 Å². The van der Waals surface area contributed by atoms with E-state index in [2.05, 4.69) is 5.32 Å². The van der Waals surface area contributed by atoms with Gasteiger partial charge in [0.05, 0.1) is 6.54 Å². The number of thiophene rings is 1. The van der Waals surface area contributed by atoms with Gasteiger partial charge in [0.15, 0.2) is 0 Å². The number of halogens is 3. The molecule has 2 N–H and O–H groups in total. The summed E-state index contributed by atoms with van der Waals surface area (Å²) in [6.07, 6.45) is -4.37. The van der Waals surface area contributed by atoms with Crippen molar-refractivity contribution in [1.82, 2.24) is 10.6 Å². The van der Waals surface area contributed by atoms with Crippen LogP contribution >= 0.6 is 11.3 Å². The minimum Gasteiger partial charge on any atom is -0.346 e. The molecule has 0 radical (unpaired) electrons. The molecule has 0 bridgehead atoms. The van der Waals surface area contributed by atoms with Crippen molar-refractivity contribution in [2.75, 3.05) is 13.1 Å². The van der Waals surface area contributed by atoms with E-state index in [1.807, 2.05) is 24.4 Å². The smallest absolute Gasteiger partial charge is 0.346 e. The molecule has 96 valence electrons. The lowest BCUT2D eigenvalue weighted by Gasteiger charge is -2.12. The largest absolute Gasteiger partial charge is 0.405 e. The molecule has 0 saturated heterocycles. The van der Waals surface area contributed by atoms with Crippen LogP contribution in [0.5, 0.6) is 0 Å². The minimum atomic E-state index is -4.37. The molecule has 3 nitrogen and oxygen atoms in total. The van der Waals surface area contributed by atoms with Crippen LogP contribution in [0, 0.1) is 0 Å². The van der Waals surface area contributed by atoms with Crippen molar-refractivity contribution in [2.24, 2.45) is 0 Å². The van der Waals surface area contributed by atoms with E-state index in [9.17, 15) is 18.0 Å². The quantitative estimate of drug-likeness (QED) is 0.856. The van der Waals surface area contributed by atoms with Crippen LogP contribution in [0.4, 0.5) is 13.2 Å². The van der Waals surface area contributed by atoms with Crippen molar-refractivity contribution in [1.29, 1.82) is 0 Å². The summed E-state index contributed by atoms with van der Waals surface area (Å²) in [4.78, 5) is 12.1. The van der Waals surface area contributed by atoms with Gasteiger partial charge in [-0.3, -0.25) is 4.79 Å². The van der Waals surface area contributed by atoms with Crippen molar-refractivity contribution < 1.29 is 18.0 Å². The van der Waals surface area contributed by atoms with Gasteiger partial charge in [-0.1, -0.05) is 6.07 Å². The van der Waals surface area contributed by atoms with Crippen LogP contribution in [0.2, 0.25) is 0 Å². The van der Waals surface area contributed by atoms with E-state index in [4.69, 9.17) is 0 Å². The van der Waals surface area contributed by atoms with E-state index in [1.54, 1.807) is 5.32 Å². The molecular weight excluding hydrogens is 253 g/mol. The Bertz CT molecular complexity index is 351. The van der Waals surface area contributed by atoms with Gasteiger partial charge in [-0.25, -0.2) is 0 Å². The fraction of sp³-hybridized carbons (Fsp3) is 0.500. The van der Waals surface area contributed by atoms with E-state index in [-0.39, 0.29) is 12.6 Å². The van der Waals surface area contributed by atoms with Crippen LogP contribution in [-0.4, -0.2) is 25.2 Å². The molecule has 1 atom stereocenters. The lowest BCUT2D eigenvalue weighted by atomic mass is 10.3. The highest BCUT2D eigenvalue weighted by molar-refractivity contribution is 7.10. The van der Waals surface area contributed by atoms with Gasteiger partial charge in [-0.2, -0.15) is 13.2 Å². The molecule has 0 aliphatic heterocycles. The van der Waals surface area contributed by atoms with Crippen molar-refractivity contribution in [3.63, 3.8) is 0 Å². The molecule has 7 heteroatoms. The normalized spacial score (nSPS) is 13.4. The second-order valence-electron chi connectivity index (χ2n) is 3.51. The summed E-state index contributed by atoms with van der Waals surface area (Å²) in [7, 11) is 0. The average Bonchev–Trinajstić information content (AvgIpc) is 2.75. The van der Waals surface area contributed by atoms with Gasteiger partial charge in [0, 0.05) is 10.9 Å². The highest BCUT2D eigenvalue weighted by atomic mass is 32.1. The Morgan fingerprint density at radius 3 is 2.76 bits per heavy atom. The van der Waals surface area contributed by atoms with E-state index >= 15 is 0 Å².